The summed E-state index contributed by atoms with van der Waals surface area (Å²) in [5.74, 6) is 2.18. The number of carbonyl (C=O) groups excluding carboxylic acids is 1. The summed E-state index contributed by atoms with van der Waals surface area (Å²) in [5.41, 5.74) is 1.41. The van der Waals surface area contributed by atoms with E-state index in [0.717, 1.165) is 29.6 Å². The predicted octanol–water partition coefficient (Wildman–Crippen LogP) is 2.97. The lowest BCUT2D eigenvalue weighted by Gasteiger charge is -2.08. The van der Waals surface area contributed by atoms with E-state index < -0.39 is 0 Å². The minimum Gasteiger partial charge on any atom is -0.493 e. The number of ketones is 1. The molecule has 1 heterocycles. The molecule has 1 aliphatic rings. The van der Waals surface area contributed by atoms with E-state index in [0.29, 0.717) is 23.5 Å². The molecule has 0 spiro atoms. The molecule has 0 bridgehead atoms. The fourth-order valence-electron chi connectivity index (χ4n) is 2.49. The molecule has 0 fully saturated rings. The average Bonchev–Trinajstić information content (AvgIpc) is 2.75. The number of rotatable bonds is 2. The largest absolute Gasteiger partial charge is 0.493 e. The van der Waals surface area contributed by atoms with E-state index in [2.05, 4.69) is 0 Å². The molecule has 1 aliphatic carbocycles. The van der Waals surface area contributed by atoms with E-state index in [1.54, 1.807) is 20.3 Å². The maximum atomic E-state index is 12.0. The highest BCUT2D eigenvalue weighted by atomic mass is 16.5. The second-order valence-electron chi connectivity index (χ2n) is 4.38. The number of fused-ring (bicyclic) bond motifs is 3. The van der Waals surface area contributed by atoms with E-state index in [1.807, 2.05) is 6.07 Å². The first kappa shape index (κ1) is 11.1. The molecule has 0 saturated carbocycles. The fraction of sp³-hybridized carbons (Fsp3) is 0.357. The Hall–Kier alpha value is -1.97. The molecule has 0 atom stereocenters. The molecule has 0 aliphatic heterocycles. The van der Waals surface area contributed by atoms with Crippen LogP contribution in [0.25, 0.3) is 11.0 Å². The molecule has 0 radical (unpaired) electrons. The maximum Gasteiger partial charge on any atom is 0.167 e. The first-order chi connectivity index (χ1) is 8.74. The lowest BCUT2D eigenvalue weighted by molar-refractivity contribution is 0.0971. The number of benzene rings is 1. The molecule has 0 amide bonds. The zero-order valence-corrected chi connectivity index (χ0v) is 10.4. The van der Waals surface area contributed by atoms with Crippen molar-refractivity contribution in [3.05, 3.63) is 23.5 Å². The zero-order chi connectivity index (χ0) is 12.7. The van der Waals surface area contributed by atoms with Crippen LogP contribution in [-0.2, 0) is 6.42 Å². The third-order valence-electron chi connectivity index (χ3n) is 3.35. The summed E-state index contributed by atoms with van der Waals surface area (Å²) in [7, 11) is 3.16. The summed E-state index contributed by atoms with van der Waals surface area (Å²) in [5, 5.41) is 0.826. The molecular weight excluding hydrogens is 232 g/mol. The van der Waals surface area contributed by atoms with Gasteiger partial charge in [-0.05, 0) is 12.5 Å². The first-order valence-corrected chi connectivity index (χ1v) is 5.95. The lowest BCUT2D eigenvalue weighted by atomic mass is 9.94. The minimum absolute atomic E-state index is 0.155. The minimum atomic E-state index is 0.155. The van der Waals surface area contributed by atoms with Crippen molar-refractivity contribution in [3.8, 4) is 11.5 Å². The Morgan fingerprint density at radius 1 is 1.11 bits per heavy atom. The highest BCUT2D eigenvalue weighted by molar-refractivity contribution is 6.09. The van der Waals surface area contributed by atoms with Gasteiger partial charge in [0.15, 0.2) is 17.3 Å². The van der Waals surface area contributed by atoms with Gasteiger partial charge >= 0.3 is 0 Å². The zero-order valence-electron chi connectivity index (χ0n) is 10.4. The third-order valence-corrected chi connectivity index (χ3v) is 3.35. The van der Waals surface area contributed by atoms with Crippen molar-refractivity contribution in [2.75, 3.05) is 14.2 Å². The number of aryl methyl sites for hydroxylation is 1. The second-order valence-corrected chi connectivity index (χ2v) is 4.38. The van der Waals surface area contributed by atoms with Gasteiger partial charge in [-0.3, -0.25) is 4.79 Å². The van der Waals surface area contributed by atoms with Crippen molar-refractivity contribution in [2.24, 2.45) is 0 Å². The van der Waals surface area contributed by atoms with Crippen LogP contribution >= 0.6 is 0 Å². The van der Waals surface area contributed by atoms with Crippen molar-refractivity contribution >= 4 is 16.8 Å². The Kier molecular flexibility index (Phi) is 2.51. The van der Waals surface area contributed by atoms with Crippen LogP contribution in [0.2, 0.25) is 0 Å². The van der Waals surface area contributed by atoms with Crippen LogP contribution in [0.5, 0.6) is 11.5 Å². The van der Waals surface area contributed by atoms with Gasteiger partial charge in [0, 0.05) is 24.3 Å². The topological polar surface area (TPSA) is 48.7 Å². The molecule has 1 aromatic heterocycles. The SMILES string of the molecule is COc1cc2oc3c(c2cc1OC)C(=O)CCC3. The summed E-state index contributed by atoms with van der Waals surface area (Å²) >= 11 is 0. The van der Waals surface area contributed by atoms with Crippen LogP contribution in [0.15, 0.2) is 16.5 Å². The monoisotopic (exact) mass is 246 g/mol. The van der Waals surface area contributed by atoms with Crippen molar-refractivity contribution < 1.29 is 18.7 Å². The summed E-state index contributed by atoms with van der Waals surface area (Å²) in [6.07, 6.45) is 2.27. The summed E-state index contributed by atoms with van der Waals surface area (Å²) in [6, 6.07) is 3.60. The molecule has 18 heavy (non-hydrogen) atoms. The molecule has 2 aromatic rings. The molecular formula is C14H14O4. The molecule has 0 saturated heterocycles. The Labute approximate surface area is 104 Å². The number of methoxy groups -OCH3 is 2. The van der Waals surface area contributed by atoms with Gasteiger partial charge in [-0.2, -0.15) is 0 Å². The van der Waals surface area contributed by atoms with E-state index in [4.69, 9.17) is 13.9 Å². The molecule has 4 nitrogen and oxygen atoms in total. The van der Waals surface area contributed by atoms with E-state index in [1.165, 1.54) is 0 Å². The van der Waals surface area contributed by atoms with Crippen LogP contribution in [-0.4, -0.2) is 20.0 Å². The highest BCUT2D eigenvalue weighted by Crippen LogP contribution is 2.38. The Morgan fingerprint density at radius 3 is 2.56 bits per heavy atom. The number of Topliss-reactive ketones (excluding diaryl/α,β-unsaturated/α-hetero) is 1. The maximum absolute atomic E-state index is 12.0. The summed E-state index contributed by atoms with van der Waals surface area (Å²) < 4.78 is 16.2. The molecule has 4 heteroatoms. The van der Waals surface area contributed by atoms with Gasteiger partial charge in [-0.15, -0.1) is 0 Å². The Bertz CT molecular complexity index is 624. The molecule has 0 unspecified atom stereocenters. The van der Waals surface area contributed by atoms with Crippen molar-refractivity contribution in [1.29, 1.82) is 0 Å². The Morgan fingerprint density at radius 2 is 1.83 bits per heavy atom. The van der Waals surface area contributed by atoms with Crippen molar-refractivity contribution in [1.82, 2.24) is 0 Å². The van der Waals surface area contributed by atoms with Gasteiger partial charge in [0.25, 0.3) is 0 Å². The number of ether oxygens (including phenoxy) is 2. The van der Waals surface area contributed by atoms with Gasteiger partial charge in [0.05, 0.1) is 19.8 Å². The number of hydrogen-bond acceptors (Lipinski definition) is 4. The first-order valence-electron chi connectivity index (χ1n) is 5.95. The average molecular weight is 246 g/mol. The normalized spacial score (nSPS) is 14.7. The van der Waals surface area contributed by atoms with E-state index >= 15 is 0 Å². The quantitative estimate of drug-likeness (QED) is 0.817. The molecule has 1 aromatic carbocycles. The molecule has 0 N–H and O–H groups in total. The van der Waals surface area contributed by atoms with Gasteiger partial charge in [-0.25, -0.2) is 0 Å². The van der Waals surface area contributed by atoms with Gasteiger partial charge < -0.3 is 13.9 Å². The summed E-state index contributed by atoms with van der Waals surface area (Å²) in [4.78, 5) is 12.0. The lowest BCUT2D eigenvalue weighted by Crippen LogP contribution is -2.08. The van der Waals surface area contributed by atoms with Gasteiger partial charge in [-0.1, -0.05) is 0 Å². The smallest absolute Gasteiger partial charge is 0.167 e. The number of furan rings is 1. The van der Waals surface area contributed by atoms with Crippen molar-refractivity contribution in [2.45, 2.75) is 19.3 Å². The Balaban J connectivity index is 2.30. The summed E-state index contributed by atoms with van der Waals surface area (Å²) in [6.45, 7) is 0. The standard InChI is InChI=1S/C14H14O4/c1-16-12-6-8-11(7-13(12)17-2)18-10-5-3-4-9(15)14(8)10/h6-7H,3-5H2,1-2H3. The van der Waals surface area contributed by atoms with Crippen LogP contribution in [0.3, 0.4) is 0 Å². The third kappa shape index (κ3) is 1.49. The molecule has 3 rings (SSSR count). The van der Waals surface area contributed by atoms with Gasteiger partial charge in [0.2, 0.25) is 0 Å². The number of carbonyl (C=O) groups is 1. The van der Waals surface area contributed by atoms with Crippen molar-refractivity contribution in [3.63, 3.8) is 0 Å². The van der Waals surface area contributed by atoms with Crippen LogP contribution in [0.4, 0.5) is 0 Å². The van der Waals surface area contributed by atoms with E-state index in [-0.39, 0.29) is 5.78 Å². The van der Waals surface area contributed by atoms with Crippen LogP contribution in [0.1, 0.15) is 29.0 Å². The second kappa shape index (κ2) is 4.05. The molecule has 94 valence electrons. The van der Waals surface area contributed by atoms with Crippen LogP contribution in [0, 0.1) is 0 Å². The predicted molar refractivity (Wildman–Crippen MR) is 66.6 cm³/mol. The van der Waals surface area contributed by atoms with Crippen LogP contribution < -0.4 is 9.47 Å². The van der Waals surface area contributed by atoms with E-state index in [9.17, 15) is 4.79 Å². The number of hydrogen-bond donors (Lipinski definition) is 0. The highest BCUT2D eigenvalue weighted by Gasteiger charge is 2.25. The fourth-order valence-corrected chi connectivity index (χ4v) is 2.49. The van der Waals surface area contributed by atoms with Gasteiger partial charge in [0.1, 0.15) is 11.3 Å².